The van der Waals surface area contributed by atoms with Crippen LogP contribution in [0, 0.1) is 0 Å². The first-order valence-electron chi connectivity index (χ1n) is 10.9. The number of hydrogen-bond donors (Lipinski definition) is 1. The SMILES string of the molecule is CC(C)=CCCC(C)=CCc1c(O)ccc2c1OCC1c3cc4c(cc3OC21)OCO4. The first-order valence-corrected chi connectivity index (χ1v) is 10.9. The fourth-order valence-electron chi connectivity index (χ4n) is 4.54. The van der Waals surface area contributed by atoms with Crippen LogP contribution in [0.25, 0.3) is 0 Å². The Balaban J connectivity index is 1.40. The highest BCUT2D eigenvalue weighted by Crippen LogP contribution is 2.55. The molecule has 0 bridgehead atoms. The van der Waals surface area contributed by atoms with Crippen LogP contribution in [0.3, 0.4) is 0 Å². The van der Waals surface area contributed by atoms with Gasteiger partial charge in [-0.3, -0.25) is 0 Å². The van der Waals surface area contributed by atoms with E-state index in [9.17, 15) is 5.11 Å². The van der Waals surface area contributed by atoms with E-state index < -0.39 is 0 Å². The van der Waals surface area contributed by atoms with Gasteiger partial charge in [0.1, 0.15) is 23.4 Å². The number of hydrogen-bond acceptors (Lipinski definition) is 5. The van der Waals surface area contributed by atoms with Crippen molar-refractivity contribution in [2.45, 2.75) is 52.1 Å². The van der Waals surface area contributed by atoms with Crippen LogP contribution >= 0.6 is 0 Å². The summed E-state index contributed by atoms with van der Waals surface area (Å²) in [5.74, 6) is 3.41. The number of ether oxygens (including phenoxy) is 4. The van der Waals surface area contributed by atoms with Gasteiger partial charge in [-0.05, 0) is 58.2 Å². The van der Waals surface area contributed by atoms with Crippen LogP contribution < -0.4 is 18.9 Å². The van der Waals surface area contributed by atoms with Crippen molar-refractivity contribution in [3.63, 3.8) is 0 Å². The maximum Gasteiger partial charge on any atom is 0.231 e. The highest BCUT2D eigenvalue weighted by atomic mass is 16.7. The Morgan fingerprint density at radius 1 is 1.00 bits per heavy atom. The average molecular weight is 421 g/mol. The topological polar surface area (TPSA) is 57.2 Å². The fourth-order valence-corrected chi connectivity index (χ4v) is 4.54. The van der Waals surface area contributed by atoms with Crippen molar-refractivity contribution in [3.8, 4) is 28.7 Å². The molecule has 2 aromatic carbocycles. The van der Waals surface area contributed by atoms with Crippen LogP contribution in [-0.4, -0.2) is 18.5 Å². The Kier molecular flexibility index (Phi) is 5.05. The summed E-state index contributed by atoms with van der Waals surface area (Å²) in [5, 5.41) is 10.6. The van der Waals surface area contributed by atoms with Gasteiger partial charge in [0.15, 0.2) is 11.5 Å². The van der Waals surface area contributed by atoms with Crippen molar-refractivity contribution in [1.29, 1.82) is 0 Å². The lowest BCUT2D eigenvalue weighted by molar-refractivity contribution is 0.137. The van der Waals surface area contributed by atoms with E-state index in [1.165, 1.54) is 11.1 Å². The van der Waals surface area contributed by atoms with Crippen LogP contribution in [0.4, 0.5) is 0 Å². The smallest absolute Gasteiger partial charge is 0.231 e. The van der Waals surface area contributed by atoms with E-state index in [1.54, 1.807) is 6.07 Å². The van der Waals surface area contributed by atoms with Crippen molar-refractivity contribution in [1.82, 2.24) is 0 Å². The van der Waals surface area contributed by atoms with E-state index in [2.05, 4.69) is 32.9 Å². The molecule has 2 unspecified atom stereocenters. The number of fused-ring (bicyclic) bond motifs is 6. The second kappa shape index (κ2) is 7.88. The van der Waals surface area contributed by atoms with Gasteiger partial charge in [0, 0.05) is 22.8 Å². The molecule has 5 nitrogen and oxygen atoms in total. The van der Waals surface area contributed by atoms with E-state index in [1.807, 2.05) is 18.2 Å². The Morgan fingerprint density at radius 3 is 2.61 bits per heavy atom. The first kappa shape index (κ1) is 19.9. The van der Waals surface area contributed by atoms with Gasteiger partial charge in [-0.2, -0.15) is 0 Å². The third-order valence-electron chi connectivity index (χ3n) is 6.25. The molecule has 0 spiro atoms. The third kappa shape index (κ3) is 3.62. The molecule has 2 atom stereocenters. The molecular weight excluding hydrogens is 392 g/mol. The zero-order valence-electron chi connectivity index (χ0n) is 18.2. The Morgan fingerprint density at radius 2 is 1.81 bits per heavy atom. The summed E-state index contributed by atoms with van der Waals surface area (Å²) in [6.45, 7) is 7.13. The fraction of sp³-hybridized carbons (Fsp3) is 0.385. The summed E-state index contributed by atoms with van der Waals surface area (Å²) in [6, 6.07) is 7.60. The molecule has 0 saturated carbocycles. The van der Waals surface area contributed by atoms with Gasteiger partial charge in [-0.25, -0.2) is 0 Å². The van der Waals surface area contributed by atoms with Crippen molar-refractivity contribution in [2.24, 2.45) is 0 Å². The third-order valence-corrected chi connectivity index (χ3v) is 6.25. The highest BCUT2D eigenvalue weighted by molar-refractivity contribution is 5.59. The summed E-state index contributed by atoms with van der Waals surface area (Å²) >= 11 is 0. The zero-order chi connectivity index (χ0) is 21.5. The summed E-state index contributed by atoms with van der Waals surface area (Å²) in [4.78, 5) is 0. The van der Waals surface area contributed by atoms with E-state index in [0.29, 0.717) is 13.0 Å². The lowest BCUT2D eigenvalue weighted by Gasteiger charge is -2.29. The Hall–Kier alpha value is -3.08. The average Bonchev–Trinajstić information content (AvgIpc) is 3.34. The van der Waals surface area contributed by atoms with Gasteiger partial charge in [-0.1, -0.05) is 23.3 Å². The Labute approximate surface area is 182 Å². The maximum atomic E-state index is 10.6. The van der Waals surface area contributed by atoms with Gasteiger partial charge in [0.25, 0.3) is 0 Å². The largest absolute Gasteiger partial charge is 0.508 e. The number of phenols is 1. The Bertz CT molecular complexity index is 1080. The van der Waals surface area contributed by atoms with Crippen LogP contribution in [0.5, 0.6) is 28.7 Å². The highest BCUT2D eigenvalue weighted by Gasteiger charge is 2.43. The van der Waals surface area contributed by atoms with E-state index in [4.69, 9.17) is 18.9 Å². The summed E-state index contributed by atoms with van der Waals surface area (Å²) in [6.07, 6.45) is 6.99. The summed E-state index contributed by atoms with van der Waals surface area (Å²) in [5.41, 5.74) is 5.54. The molecule has 0 amide bonds. The van der Waals surface area contributed by atoms with Crippen LogP contribution in [0.1, 0.15) is 62.3 Å². The van der Waals surface area contributed by atoms with E-state index >= 15 is 0 Å². The van der Waals surface area contributed by atoms with Gasteiger partial charge in [-0.15, -0.1) is 0 Å². The van der Waals surface area contributed by atoms with Crippen molar-refractivity contribution < 1.29 is 24.1 Å². The predicted octanol–water partition coefficient (Wildman–Crippen LogP) is 5.97. The number of rotatable bonds is 5. The number of aromatic hydroxyl groups is 1. The van der Waals surface area contributed by atoms with Crippen molar-refractivity contribution in [3.05, 3.63) is 64.3 Å². The standard InChI is InChI=1S/C26H28O5/c1-15(2)5-4-6-16(3)7-8-17-21(27)10-9-18-25(17)28-13-20-19-11-23-24(30-14-29-23)12-22(19)31-26(18)20/h5,7,9-12,20,26-27H,4,6,8,13-14H2,1-3H3. The zero-order valence-corrected chi connectivity index (χ0v) is 18.2. The number of benzene rings is 2. The number of phenolic OH excluding ortho intramolecular Hbond substituents is 1. The van der Waals surface area contributed by atoms with Crippen LogP contribution in [0.2, 0.25) is 0 Å². The molecule has 1 N–H and O–H groups in total. The minimum atomic E-state index is -0.136. The minimum absolute atomic E-state index is 0.0933. The molecule has 0 aromatic heterocycles. The van der Waals surface area contributed by atoms with Gasteiger partial charge < -0.3 is 24.1 Å². The summed E-state index contributed by atoms with van der Waals surface area (Å²) in [7, 11) is 0. The monoisotopic (exact) mass is 420 g/mol. The van der Waals surface area contributed by atoms with Crippen LogP contribution in [-0.2, 0) is 6.42 Å². The second-order valence-electron chi connectivity index (χ2n) is 8.76. The van der Waals surface area contributed by atoms with Gasteiger partial charge >= 0.3 is 0 Å². The lowest BCUT2D eigenvalue weighted by atomic mass is 9.87. The number of allylic oxidation sites excluding steroid dienone is 4. The van der Waals surface area contributed by atoms with E-state index in [0.717, 1.165) is 52.5 Å². The van der Waals surface area contributed by atoms with Crippen molar-refractivity contribution >= 4 is 0 Å². The molecule has 0 saturated heterocycles. The molecule has 3 aliphatic rings. The molecular formula is C26H28O5. The first-order chi connectivity index (χ1) is 15.0. The molecule has 31 heavy (non-hydrogen) atoms. The summed E-state index contributed by atoms with van der Waals surface area (Å²) < 4.78 is 23.6. The van der Waals surface area contributed by atoms with Crippen LogP contribution in [0.15, 0.2) is 47.6 Å². The van der Waals surface area contributed by atoms with Gasteiger partial charge in [0.2, 0.25) is 6.79 Å². The molecule has 0 aliphatic carbocycles. The van der Waals surface area contributed by atoms with E-state index in [-0.39, 0.29) is 24.6 Å². The molecule has 162 valence electrons. The minimum Gasteiger partial charge on any atom is -0.508 e. The molecule has 5 rings (SSSR count). The molecule has 3 aliphatic heterocycles. The lowest BCUT2D eigenvalue weighted by Crippen LogP contribution is -2.24. The molecule has 3 heterocycles. The van der Waals surface area contributed by atoms with Gasteiger partial charge in [0.05, 0.1) is 12.5 Å². The quantitative estimate of drug-likeness (QED) is 0.604. The molecule has 2 aromatic rings. The molecule has 5 heteroatoms. The normalized spacial score (nSPS) is 20.3. The van der Waals surface area contributed by atoms with Crippen molar-refractivity contribution in [2.75, 3.05) is 13.4 Å². The molecule has 0 fully saturated rings. The molecule has 0 radical (unpaired) electrons. The maximum absolute atomic E-state index is 10.6. The predicted molar refractivity (Wildman–Crippen MR) is 118 cm³/mol. The second-order valence-corrected chi connectivity index (χ2v) is 8.76.